The van der Waals surface area contributed by atoms with Gasteiger partial charge in [0, 0.05) is 4.90 Å². The normalized spacial score (nSPS) is 13.6. The number of hydroxylamine groups is 1. The number of carbonyl (C=O) groups excluding carboxylic acids is 1. The molecule has 1 atom stereocenters. The van der Waals surface area contributed by atoms with Gasteiger partial charge in [0.2, 0.25) is 0 Å². The van der Waals surface area contributed by atoms with Gasteiger partial charge in [-0.15, -0.1) is 11.8 Å². The minimum Gasteiger partial charge on any atom is -0.289 e. The van der Waals surface area contributed by atoms with Gasteiger partial charge in [-0.1, -0.05) is 48.5 Å². The molecule has 0 bridgehead atoms. The summed E-state index contributed by atoms with van der Waals surface area (Å²) in [5, 5.41) is 9.00. The first-order valence-corrected chi connectivity index (χ1v) is 6.72. The van der Waals surface area contributed by atoms with Gasteiger partial charge in [0.15, 0.2) is 0 Å². The predicted octanol–water partition coefficient (Wildman–Crippen LogP) is 3.20. The molecule has 4 heteroatoms. The highest BCUT2D eigenvalue weighted by Crippen LogP contribution is 2.41. The molecule has 0 fully saturated rings. The molecule has 1 unspecified atom stereocenters. The highest BCUT2D eigenvalue weighted by Gasteiger charge is 2.36. The fourth-order valence-electron chi connectivity index (χ4n) is 1.82. The molecular weight excluding hydrogens is 258 g/mol. The number of carbonyl (C=O) groups is 1. The second-order valence-electron chi connectivity index (χ2n) is 4.26. The highest BCUT2D eigenvalue weighted by molar-refractivity contribution is 8.01. The van der Waals surface area contributed by atoms with Crippen LogP contribution in [0.15, 0.2) is 65.6 Å². The molecule has 1 amide bonds. The van der Waals surface area contributed by atoms with Crippen molar-refractivity contribution in [2.24, 2.45) is 0 Å². The summed E-state index contributed by atoms with van der Waals surface area (Å²) >= 11 is 1.40. The molecular formula is C15H15NO2S. The molecule has 0 aliphatic heterocycles. The van der Waals surface area contributed by atoms with E-state index in [1.165, 1.54) is 11.8 Å². The van der Waals surface area contributed by atoms with Crippen LogP contribution < -0.4 is 5.48 Å². The number of amides is 1. The summed E-state index contributed by atoms with van der Waals surface area (Å²) in [6.07, 6.45) is 0. The topological polar surface area (TPSA) is 49.3 Å². The zero-order valence-corrected chi connectivity index (χ0v) is 11.4. The number of rotatable bonds is 4. The van der Waals surface area contributed by atoms with Crippen LogP contribution in [-0.4, -0.2) is 11.1 Å². The second kappa shape index (κ2) is 5.91. The highest BCUT2D eigenvalue weighted by atomic mass is 32.2. The number of hydrogen-bond donors (Lipinski definition) is 2. The Morgan fingerprint density at radius 1 is 1.05 bits per heavy atom. The van der Waals surface area contributed by atoms with Crippen LogP contribution in [0.4, 0.5) is 0 Å². The minimum atomic E-state index is -0.878. The van der Waals surface area contributed by atoms with Gasteiger partial charge in [-0.05, 0) is 24.6 Å². The summed E-state index contributed by atoms with van der Waals surface area (Å²) in [7, 11) is 0. The lowest BCUT2D eigenvalue weighted by Crippen LogP contribution is -2.38. The summed E-state index contributed by atoms with van der Waals surface area (Å²) in [6.45, 7) is 1.80. The zero-order valence-electron chi connectivity index (χ0n) is 10.5. The van der Waals surface area contributed by atoms with Crippen molar-refractivity contribution in [1.82, 2.24) is 5.48 Å². The molecule has 0 aliphatic rings. The summed E-state index contributed by atoms with van der Waals surface area (Å²) < 4.78 is -0.878. The third-order valence-electron chi connectivity index (χ3n) is 2.92. The number of benzene rings is 2. The van der Waals surface area contributed by atoms with Crippen molar-refractivity contribution >= 4 is 17.7 Å². The quantitative estimate of drug-likeness (QED) is 0.511. The Balaban J connectivity index is 2.39. The molecule has 0 saturated heterocycles. The van der Waals surface area contributed by atoms with Gasteiger partial charge in [-0.3, -0.25) is 10.0 Å². The van der Waals surface area contributed by atoms with E-state index in [9.17, 15) is 4.79 Å². The van der Waals surface area contributed by atoms with E-state index >= 15 is 0 Å². The summed E-state index contributed by atoms with van der Waals surface area (Å²) in [6, 6.07) is 19.1. The second-order valence-corrected chi connectivity index (χ2v) is 5.75. The smallest absolute Gasteiger partial charge is 0.264 e. The van der Waals surface area contributed by atoms with Gasteiger partial charge in [0.1, 0.15) is 4.75 Å². The van der Waals surface area contributed by atoms with Crippen LogP contribution in [0.2, 0.25) is 0 Å². The molecule has 2 aromatic rings. The third-order valence-corrected chi connectivity index (χ3v) is 4.26. The Morgan fingerprint density at radius 3 is 2.11 bits per heavy atom. The molecule has 19 heavy (non-hydrogen) atoms. The van der Waals surface area contributed by atoms with Crippen LogP contribution in [0.5, 0.6) is 0 Å². The molecule has 0 spiro atoms. The van der Waals surface area contributed by atoms with E-state index in [4.69, 9.17) is 5.21 Å². The molecule has 0 heterocycles. The van der Waals surface area contributed by atoms with E-state index < -0.39 is 10.7 Å². The van der Waals surface area contributed by atoms with Crippen LogP contribution in [0.3, 0.4) is 0 Å². The van der Waals surface area contributed by atoms with Crippen LogP contribution in [-0.2, 0) is 9.54 Å². The fraction of sp³-hybridized carbons (Fsp3) is 0.133. The summed E-state index contributed by atoms with van der Waals surface area (Å²) in [5.74, 6) is -0.437. The maximum atomic E-state index is 12.1. The maximum absolute atomic E-state index is 12.1. The monoisotopic (exact) mass is 273 g/mol. The van der Waals surface area contributed by atoms with Gasteiger partial charge in [-0.2, -0.15) is 0 Å². The summed E-state index contributed by atoms with van der Waals surface area (Å²) in [5.41, 5.74) is 2.61. The standard InChI is InChI=1S/C15H15NO2S/c1-15(14(17)16-18,12-8-4-2-5-9-12)19-13-10-6-3-7-11-13/h2-11,18H,1H3,(H,16,17). The van der Waals surface area contributed by atoms with E-state index in [-0.39, 0.29) is 0 Å². The lowest BCUT2D eigenvalue weighted by atomic mass is 10.00. The first kappa shape index (κ1) is 13.6. The average Bonchev–Trinajstić information content (AvgIpc) is 2.48. The Labute approximate surface area is 116 Å². The van der Waals surface area contributed by atoms with Crippen LogP contribution in [0, 0.1) is 0 Å². The van der Waals surface area contributed by atoms with Crippen molar-refractivity contribution in [2.45, 2.75) is 16.6 Å². The van der Waals surface area contributed by atoms with Crippen molar-refractivity contribution < 1.29 is 10.0 Å². The van der Waals surface area contributed by atoms with Gasteiger partial charge >= 0.3 is 0 Å². The number of thioether (sulfide) groups is 1. The van der Waals surface area contributed by atoms with Gasteiger partial charge in [0.05, 0.1) is 0 Å². The Bertz CT molecular complexity index is 545. The fourth-order valence-corrected chi connectivity index (χ4v) is 2.98. The molecule has 3 nitrogen and oxygen atoms in total. The van der Waals surface area contributed by atoms with Crippen LogP contribution >= 0.6 is 11.8 Å². The van der Waals surface area contributed by atoms with E-state index in [2.05, 4.69) is 0 Å². The van der Waals surface area contributed by atoms with E-state index in [0.717, 1.165) is 10.5 Å². The van der Waals surface area contributed by atoms with Crippen molar-refractivity contribution in [3.8, 4) is 0 Å². The van der Waals surface area contributed by atoms with E-state index in [1.54, 1.807) is 12.4 Å². The molecule has 0 aromatic heterocycles. The van der Waals surface area contributed by atoms with E-state index in [1.807, 2.05) is 60.7 Å². The number of nitrogens with one attached hydrogen (secondary N) is 1. The Kier molecular flexibility index (Phi) is 4.24. The zero-order chi connectivity index (χ0) is 13.7. The van der Waals surface area contributed by atoms with Crippen molar-refractivity contribution in [3.05, 3.63) is 66.2 Å². The van der Waals surface area contributed by atoms with Crippen molar-refractivity contribution in [2.75, 3.05) is 0 Å². The average molecular weight is 273 g/mol. The lowest BCUT2D eigenvalue weighted by Gasteiger charge is -2.27. The van der Waals surface area contributed by atoms with Crippen molar-refractivity contribution in [1.29, 1.82) is 0 Å². The molecule has 0 radical (unpaired) electrons. The van der Waals surface area contributed by atoms with Gasteiger partial charge < -0.3 is 0 Å². The third kappa shape index (κ3) is 2.97. The predicted molar refractivity (Wildman–Crippen MR) is 76.0 cm³/mol. The molecule has 2 N–H and O–H groups in total. The van der Waals surface area contributed by atoms with Crippen molar-refractivity contribution in [3.63, 3.8) is 0 Å². The summed E-state index contributed by atoms with van der Waals surface area (Å²) in [4.78, 5) is 13.0. The van der Waals surface area contributed by atoms with Gasteiger partial charge in [-0.25, -0.2) is 5.48 Å². The first-order chi connectivity index (χ1) is 9.16. The number of hydrogen-bond acceptors (Lipinski definition) is 3. The minimum absolute atomic E-state index is 0.437. The molecule has 2 aromatic carbocycles. The largest absolute Gasteiger partial charge is 0.289 e. The molecule has 98 valence electrons. The Hall–Kier alpha value is -1.78. The first-order valence-electron chi connectivity index (χ1n) is 5.91. The SMILES string of the molecule is CC(Sc1ccccc1)(C(=O)NO)c1ccccc1. The molecule has 0 saturated carbocycles. The maximum Gasteiger partial charge on any atom is 0.264 e. The lowest BCUT2D eigenvalue weighted by molar-refractivity contribution is -0.131. The van der Waals surface area contributed by atoms with Crippen LogP contribution in [0.1, 0.15) is 12.5 Å². The Morgan fingerprint density at radius 2 is 1.58 bits per heavy atom. The molecule has 0 aliphatic carbocycles. The van der Waals surface area contributed by atoms with E-state index in [0.29, 0.717) is 0 Å². The van der Waals surface area contributed by atoms with Gasteiger partial charge in [0.25, 0.3) is 5.91 Å². The molecule has 2 rings (SSSR count). The van der Waals surface area contributed by atoms with Crippen LogP contribution in [0.25, 0.3) is 0 Å².